The molecule has 11 aromatic carbocycles. The van der Waals surface area contributed by atoms with Crippen molar-refractivity contribution < 1.29 is 0 Å². The van der Waals surface area contributed by atoms with Crippen LogP contribution in [0.3, 0.4) is 0 Å². The van der Waals surface area contributed by atoms with E-state index in [0.717, 1.165) is 17.1 Å². The molecule has 0 radical (unpaired) electrons. The second-order valence-electron chi connectivity index (χ2n) is 17.5. The summed E-state index contributed by atoms with van der Waals surface area (Å²) in [7, 11) is 0. The van der Waals surface area contributed by atoms with Gasteiger partial charge in [0.15, 0.2) is 0 Å². The first-order valence-electron chi connectivity index (χ1n) is 22.6. The van der Waals surface area contributed by atoms with Gasteiger partial charge in [-0.15, -0.1) is 0 Å². The molecule has 0 fully saturated rings. The van der Waals surface area contributed by atoms with Crippen molar-refractivity contribution in [3.63, 3.8) is 0 Å². The first kappa shape index (κ1) is 36.1. The summed E-state index contributed by atoms with van der Waals surface area (Å²) in [4.78, 5) is 2.55. The molecule has 2 nitrogen and oxygen atoms in total. The predicted molar refractivity (Wildman–Crippen MR) is 272 cm³/mol. The first-order chi connectivity index (χ1) is 32.3. The molecular weight excluding hydrogens is 785 g/mol. The van der Waals surface area contributed by atoms with Crippen LogP contribution in [0, 0.1) is 0 Å². The van der Waals surface area contributed by atoms with Gasteiger partial charge in [-0.1, -0.05) is 206 Å². The van der Waals surface area contributed by atoms with Gasteiger partial charge in [0.1, 0.15) is 0 Å². The number of anilines is 3. The molecule has 14 rings (SSSR count). The Balaban J connectivity index is 1.11. The van der Waals surface area contributed by atoms with E-state index in [1.807, 2.05) is 0 Å². The van der Waals surface area contributed by atoms with Crippen molar-refractivity contribution >= 4 is 60.4 Å². The van der Waals surface area contributed by atoms with Crippen LogP contribution in [-0.2, 0) is 5.41 Å². The minimum Gasteiger partial charge on any atom is -0.309 e. The highest BCUT2D eigenvalue weighted by Gasteiger charge is 2.51. The van der Waals surface area contributed by atoms with Gasteiger partial charge in [0, 0.05) is 27.4 Å². The highest BCUT2D eigenvalue weighted by atomic mass is 15.1. The van der Waals surface area contributed by atoms with E-state index >= 15 is 0 Å². The van der Waals surface area contributed by atoms with Crippen LogP contribution in [0.5, 0.6) is 0 Å². The molecule has 0 saturated carbocycles. The normalized spacial score (nSPS) is 14.5. The molecule has 1 unspecified atom stereocenters. The van der Waals surface area contributed by atoms with E-state index in [1.165, 1.54) is 105 Å². The lowest BCUT2D eigenvalue weighted by atomic mass is 9.65. The Bertz CT molecular complexity index is 3910. The largest absolute Gasteiger partial charge is 0.309 e. The fourth-order valence-electron chi connectivity index (χ4n) is 11.8. The number of nitrogens with zero attached hydrogens (tertiary/aromatic N) is 2. The second kappa shape index (κ2) is 13.8. The van der Waals surface area contributed by atoms with E-state index in [1.54, 1.807) is 0 Å². The van der Waals surface area contributed by atoms with E-state index in [-0.39, 0.29) is 0 Å². The number of rotatable bonds is 5. The van der Waals surface area contributed by atoms with Gasteiger partial charge >= 0.3 is 0 Å². The Labute approximate surface area is 377 Å². The van der Waals surface area contributed by atoms with E-state index in [9.17, 15) is 0 Å². The molecule has 0 amide bonds. The molecule has 0 N–H and O–H groups in total. The van der Waals surface area contributed by atoms with Crippen LogP contribution in [0.1, 0.15) is 22.3 Å². The predicted octanol–water partition coefficient (Wildman–Crippen LogP) is 16.6. The SMILES string of the molecule is c1ccc(-c2ccccc2-c2ccccc2N(c2ccc3c(c2)C2(c4ccccc4-3)c3ccccc3-n3c4ccccc4c4cccc2c43)c2cc3ccccc3c3ccccc23)cc1. The summed E-state index contributed by atoms with van der Waals surface area (Å²) < 4.78 is 2.53. The Hall–Kier alpha value is -8.46. The average Bonchev–Trinajstić information content (AvgIpc) is 3.87. The van der Waals surface area contributed by atoms with Crippen LogP contribution in [0.15, 0.2) is 243 Å². The van der Waals surface area contributed by atoms with Crippen LogP contribution in [0.25, 0.3) is 82.4 Å². The summed E-state index contributed by atoms with van der Waals surface area (Å²) in [5.41, 5.74) is 19.1. The Kier molecular flexibility index (Phi) is 7.64. The smallest absolute Gasteiger partial charge is 0.0755 e. The van der Waals surface area contributed by atoms with Crippen molar-refractivity contribution in [2.45, 2.75) is 5.41 Å². The molecule has 302 valence electrons. The van der Waals surface area contributed by atoms with Gasteiger partial charge in [-0.3, -0.25) is 0 Å². The molecule has 12 aromatic rings. The molecule has 0 bridgehead atoms. The summed E-state index contributed by atoms with van der Waals surface area (Å²) in [6.07, 6.45) is 0. The van der Waals surface area contributed by atoms with Crippen molar-refractivity contribution in [1.82, 2.24) is 4.57 Å². The number of para-hydroxylation sites is 4. The Morgan fingerprint density at radius 2 is 0.923 bits per heavy atom. The highest BCUT2D eigenvalue weighted by Crippen LogP contribution is 2.62. The van der Waals surface area contributed by atoms with Crippen LogP contribution in [-0.4, -0.2) is 4.57 Å². The summed E-state index contributed by atoms with van der Waals surface area (Å²) >= 11 is 0. The molecule has 2 heteroatoms. The maximum Gasteiger partial charge on any atom is 0.0755 e. The zero-order valence-electron chi connectivity index (χ0n) is 35.5. The fraction of sp³-hybridized carbons (Fsp3) is 0.0159. The fourth-order valence-corrected chi connectivity index (χ4v) is 11.8. The number of benzene rings is 11. The van der Waals surface area contributed by atoms with Crippen molar-refractivity contribution in [1.29, 1.82) is 0 Å². The third-order valence-electron chi connectivity index (χ3n) is 14.4. The van der Waals surface area contributed by atoms with Crippen LogP contribution in [0.2, 0.25) is 0 Å². The average molecular weight is 825 g/mol. The monoisotopic (exact) mass is 824 g/mol. The molecule has 2 heterocycles. The quantitative estimate of drug-likeness (QED) is 0.157. The van der Waals surface area contributed by atoms with Crippen LogP contribution >= 0.6 is 0 Å². The van der Waals surface area contributed by atoms with E-state index in [0.29, 0.717) is 0 Å². The number of hydrogen-bond acceptors (Lipinski definition) is 1. The molecule has 1 aliphatic carbocycles. The summed E-state index contributed by atoms with van der Waals surface area (Å²) in [6.45, 7) is 0. The van der Waals surface area contributed by atoms with Gasteiger partial charge in [0.25, 0.3) is 0 Å². The Morgan fingerprint density at radius 1 is 0.323 bits per heavy atom. The summed E-state index contributed by atoms with van der Waals surface area (Å²) in [5.74, 6) is 0. The topological polar surface area (TPSA) is 8.17 Å². The molecule has 1 aromatic heterocycles. The van der Waals surface area contributed by atoms with Gasteiger partial charge in [-0.25, -0.2) is 0 Å². The molecule has 1 atom stereocenters. The maximum atomic E-state index is 2.55. The third-order valence-corrected chi connectivity index (χ3v) is 14.4. The molecule has 65 heavy (non-hydrogen) atoms. The highest BCUT2D eigenvalue weighted by molar-refractivity contribution is 6.16. The van der Waals surface area contributed by atoms with E-state index < -0.39 is 5.41 Å². The lowest BCUT2D eigenvalue weighted by Gasteiger charge is -2.40. The van der Waals surface area contributed by atoms with Crippen LogP contribution in [0.4, 0.5) is 17.1 Å². The first-order valence-corrected chi connectivity index (χ1v) is 22.6. The lowest BCUT2D eigenvalue weighted by molar-refractivity contribution is 0.748. The Morgan fingerprint density at radius 3 is 1.78 bits per heavy atom. The van der Waals surface area contributed by atoms with E-state index in [4.69, 9.17) is 0 Å². The van der Waals surface area contributed by atoms with Gasteiger partial charge in [-0.2, -0.15) is 0 Å². The van der Waals surface area contributed by atoms with Gasteiger partial charge in [-0.05, 0) is 103 Å². The standard InChI is InChI=1S/C63H40N2/c1-2-19-41(20-3-1)44-22-6-7-24-46(44)50-27-11-15-34-58(50)64(61-39-42-21-4-5-23-45(42)47-25-8-9-28-51(47)61)43-37-38-49-48-26-10-13-31-54(48)63(57(49)40-43)55-32-14-17-36-60(55)65-59-35-16-12-29-52(59)53-30-18-33-56(63)62(53)65/h1-40H. The molecule has 2 aliphatic rings. The summed E-state index contributed by atoms with van der Waals surface area (Å²) in [6, 6.07) is 90.3. The van der Waals surface area contributed by atoms with Crippen molar-refractivity contribution in [3.05, 3.63) is 265 Å². The lowest BCUT2D eigenvalue weighted by Crippen LogP contribution is -2.33. The van der Waals surface area contributed by atoms with Gasteiger partial charge in [0.05, 0.1) is 33.5 Å². The minimum absolute atomic E-state index is 0.584. The molecule has 0 saturated heterocycles. The van der Waals surface area contributed by atoms with Crippen molar-refractivity contribution in [3.8, 4) is 39.1 Å². The van der Waals surface area contributed by atoms with Crippen molar-refractivity contribution in [2.75, 3.05) is 4.90 Å². The summed E-state index contributed by atoms with van der Waals surface area (Å²) in [5, 5.41) is 7.45. The van der Waals surface area contributed by atoms with Crippen LogP contribution < -0.4 is 4.90 Å². The van der Waals surface area contributed by atoms with Crippen molar-refractivity contribution in [2.24, 2.45) is 0 Å². The zero-order valence-corrected chi connectivity index (χ0v) is 35.5. The van der Waals surface area contributed by atoms with Gasteiger partial charge in [0.2, 0.25) is 0 Å². The van der Waals surface area contributed by atoms with Gasteiger partial charge < -0.3 is 9.47 Å². The third kappa shape index (κ3) is 4.94. The molecular formula is C63H40N2. The second-order valence-corrected chi connectivity index (χ2v) is 17.5. The zero-order chi connectivity index (χ0) is 42.6. The minimum atomic E-state index is -0.584. The number of fused-ring (bicyclic) bond motifs is 15. The molecule has 1 spiro atoms. The van der Waals surface area contributed by atoms with E-state index in [2.05, 4.69) is 252 Å². The maximum absolute atomic E-state index is 2.55. The number of aromatic nitrogens is 1. The number of hydrogen-bond donors (Lipinski definition) is 0. The molecule has 1 aliphatic heterocycles.